The van der Waals surface area contributed by atoms with Gasteiger partial charge < -0.3 is 9.47 Å². The van der Waals surface area contributed by atoms with Crippen molar-refractivity contribution in [3.63, 3.8) is 0 Å². The molecule has 1 aromatic rings. The highest BCUT2D eigenvalue weighted by Crippen LogP contribution is 2.35. The molecule has 2 nitrogen and oxygen atoms in total. The van der Waals surface area contributed by atoms with E-state index in [-0.39, 0.29) is 5.88 Å². The van der Waals surface area contributed by atoms with Crippen LogP contribution in [0.25, 0.3) is 0 Å². The maximum absolute atomic E-state index is 12.0. The van der Waals surface area contributed by atoms with Crippen LogP contribution in [-0.2, 0) is 5.88 Å². The Morgan fingerprint density at radius 2 is 2.12 bits per heavy atom. The van der Waals surface area contributed by atoms with Gasteiger partial charge >= 0.3 is 0 Å². The third-order valence-electron chi connectivity index (χ3n) is 1.98. The number of rotatable bonds is 6. The van der Waals surface area contributed by atoms with Gasteiger partial charge in [-0.3, -0.25) is 4.39 Å². The summed E-state index contributed by atoms with van der Waals surface area (Å²) < 4.78 is 22.5. The lowest BCUT2D eigenvalue weighted by Crippen LogP contribution is -2.02. The lowest BCUT2D eigenvalue weighted by Gasteiger charge is -2.14. The molecule has 0 aromatic heterocycles. The summed E-state index contributed by atoms with van der Waals surface area (Å²) >= 11 is 11.7. The molecule has 0 aliphatic carbocycles. The number of hydrogen-bond donors (Lipinski definition) is 0. The highest BCUT2D eigenvalue weighted by Gasteiger charge is 2.12. The lowest BCUT2D eigenvalue weighted by molar-refractivity contribution is 0.272. The van der Waals surface area contributed by atoms with E-state index in [2.05, 4.69) is 0 Å². The third-order valence-corrected chi connectivity index (χ3v) is 2.49. The van der Waals surface area contributed by atoms with Crippen LogP contribution in [0.4, 0.5) is 4.39 Å². The SMILES string of the molecule is COc1cc(Cl)cc(CCl)c1OCCCF. The van der Waals surface area contributed by atoms with Crippen LogP contribution < -0.4 is 9.47 Å². The van der Waals surface area contributed by atoms with Crippen molar-refractivity contribution in [3.05, 3.63) is 22.7 Å². The molecule has 0 bridgehead atoms. The normalized spacial score (nSPS) is 10.2. The Morgan fingerprint density at radius 1 is 1.38 bits per heavy atom. The predicted octanol–water partition coefficient (Wildman–Crippen LogP) is 3.83. The molecule has 5 heteroatoms. The van der Waals surface area contributed by atoms with E-state index in [1.165, 1.54) is 7.11 Å². The van der Waals surface area contributed by atoms with Crippen LogP contribution >= 0.6 is 23.2 Å². The van der Waals surface area contributed by atoms with Crippen molar-refractivity contribution in [2.75, 3.05) is 20.4 Å². The van der Waals surface area contributed by atoms with E-state index in [1.807, 2.05) is 0 Å². The topological polar surface area (TPSA) is 18.5 Å². The number of halogens is 3. The summed E-state index contributed by atoms with van der Waals surface area (Å²) in [6.45, 7) is -0.121. The summed E-state index contributed by atoms with van der Waals surface area (Å²) in [6, 6.07) is 3.35. The Morgan fingerprint density at radius 3 is 2.69 bits per heavy atom. The molecule has 0 saturated heterocycles. The van der Waals surface area contributed by atoms with Crippen molar-refractivity contribution >= 4 is 23.2 Å². The molecule has 0 saturated carbocycles. The van der Waals surface area contributed by atoms with E-state index in [1.54, 1.807) is 12.1 Å². The van der Waals surface area contributed by atoms with Crippen molar-refractivity contribution in [3.8, 4) is 11.5 Å². The molecule has 1 rings (SSSR count). The first kappa shape index (κ1) is 13.4. The van der Waals surface area contributed by atoms with Gasteiger partial charge in [-0.15, -0.1) is 11.6 Å². The summed E-state index contributed by atoms with van der Waals surface area (Å²) in [6.07, 6.45) is 0.341. The molecule has 90 valence electrons. The molecule has 0 unspecified atom stereocenters. The first-order valence-electron chi connectivity index (χ1n) is 4.84. The van der Waals surface area contributed by atoms with Crippen LogP contribution in [0.15, 0.2) is 12.1 Å². The molecule has 0 heterocycles. The predicted molar refractivity (Wildman–Crippen MR) is 63.6 cm³/mol. The van der Waals surface area contributed by atoms with Crippen LogP contribution in [0, 0.1) is 0 Å². The van der Waals surface area contributed by atoms with Gasteiger partial charge in [0.25, 0.3) is 0 Å². The minimum atomic E-state index is -0.411. The minimum Gasteiger partial charge on any atom is -0.493 e. The average molecular weight is 267 g/mol. The molecule has 0 spiro atoms. The Kier molecular flexibility index (Phi) is 5.71. The molecule has 16 heavy (non-hydrogen) atoms. The Labute approximate surface area is 104 Å². The molecule has 0 aliphatic rings. The van der Waals surface area contributed by atoms with Gasteiger partial charge in [-0.2, -0.15) is 0 Å². The minimum absolute atomic E-state index is 0.266. The molecular weight excluding hydrogens is 254 g/mol. The monoisotopic (exact) mass is 266 g/mol. The van der Waals surface area contributed by atoms with Crippen molar-refractivity contribution < 1.29 is 13.9 Å². The highest BCUT2D eigenvalue weighted by atomic mass is 35.5. The van der Waals surface area contributed by atoms with Crippen LogP contribution in [0.1, 0.15) is 12.0 Å². The van der Waals surface area contributed by atoms with E-state index in [0.29, 0.717) is 29.5 Å². The molecule has 0 amide bonds. The van der Waals surface area contributed by atoms with Gasteiger partial charge in [0.2, 0.25) is 0 Å². The second-order valence-corrected chi connectivity index (χ2v) is 3.82. The maximum Gasteiger partial charge on any atom is 0.165 e. The van der Waals surface area contributed by atoms with E-state index < -0.39 is 6.67 Å². The van der Waals surface area contributed by atoms with Gasteiger partial charge in [-0.05, 0) is 6.07 Å². The van der Waals surface area contributed by atoms with E-state index in [4.69, 9.17) is 32.7 Å². The molecule has 0 aliphatic heterocycles. The maximum atomic E-state index is 12.0. The average Bonchev–Trinajstić information content (AvgIpc) is 2.30. The first-order valence-corrected chi connectivity index (χ1v) is 5.75. The Bertz CT molecular complexity index is 320. The van der Waals surface area contributed by atoms with Crippen molar-refractivity contribution in [1.29, 1.82) is 0 Å². The molecule has 0 N–H and O–H groups in total. The Hall–Kier alpha value is -0.670. The van der Waals surface area contributed by atoms with Gasteiger partial charge in [0.05, 0.1) is 26.3 Å². The third kappa shape index (κ3) is 3.42. The van der Waals surface area contributed by atoms with Gasteiger partial charge in [-0.25, -0.2) is 0 Å². The number of methoxy groups -OCH3 is 1. The van der Waals surface area contributed by atoms with Crippen LogP contribution in [0.2, 0.25) is 5.02 Å². The highest BCUT2D eigenvalue weighted by molar-refractivity contribution is 6.31. The molecule has 0 radical (unpaired) electrons. The lowest BCUT2D eigenvalue weighted by atomic mass is 10.2. The standard InChI is InChI=1S/C11H13Cl2FO2/c1-15-10-6-9(13)5-8(7-12)11(10)16-4-2-3-14/h5-6H,2-4,7H2,1H3. The molecular formula is C11H13Cl2FO2. The zero-order valence-electron chi connectivity index (χ0n) is 8.93. The second kappa shape index (κ2) is 6.81. The van der Waals surface area contributed by atoms with Crippen molar-refractivity contribution in [2.45, 2.75) is 12.3 Å². The number of ether oxygens (including phenoxy) is 2. The zero-order chi connectivity index (χ0) is 12.0. The largest absolute Gasteiger partial charge is 0.493 e. The van der Waals surface area contributed by atoms with Gasteiger partial charge in [-0.1, -0.05) is 11.6 Å². The first-order chi connectivity index (χ1) is 7.72. The molecule has 0 fully saturated rings. The Balaban J connectivity index is 2.93. The van der Waals surface area contributed by atoms with Crippen LogP contribution in [0.5, 0.6) is 11.5 Å². The van der Waals surface area contributed by atoms with Crippen LogP contribution in [0.3, 0.4) is 0 Å². The van der Waals surface area contributed by atoms with E-state index in [0.717, 1.165) is 5.56 Å². The van der Waals surface area contributed by atoms with Crippen molar-refractivity contribution in [2.24, 2.45) is 0 Å². The quantitative estimate of drug-likeness (QED) is 0.576. The summed E-state index contributed by atoms with van der Waals surface area (Å²) in [4.78, 5) is 0. The van der Waals surface area contributed by atoms with Crippen LogP contribution in [-0.4, -0.2) is 20.4 Å². The van der Waals surface area contributed by atoms with E-state index in [9.17, 15) is 4.39 Å². The molecule has 1 aromatic carbocycles. The van der Waals surface area contributed by atoms with Gasteiger partial charge in [0, 0.05) is 23.1 Å². The fourth-order valence-corrected chi connectivity index (χ4v) is 1.70. The van der Waals surface area contributed by atoms with Gasteiger partial charge in [0.1, 0.15) is 0 Å². The summed E-state index contributed by atoms with van der Waals surface area (Å²) in [5.74, 6) is 1.32. The fraction of sp³-hybridized carbons (Fsp3) is 0.455. The summed E-state index contributed by atoms with van der Waals surface area (Å²) in [5, 5.41) is 0.533. The number of benzene rings is 1. The smallest absolute Gasteiger partial charge is 0.165 e. The zero-order valence-corrected chi connectivity index (χ0v) is 10.4. The molecule has 0 atom stereocenters. The summed E-state index contributed by atoms with van der Waals surface area (Å²) in [5.41, 5.74) is 0.741. The number of hydrogen-bond acceptors (Lipinski definition) is 2. The van der Waals surface area contributed by atoms with Gasteiger partial charge in [0.15, 0.2) is 11.5 Å². The summed E-state index contributed by atoms with van der Waals surface area (Å²) in [7, 11) is 1.52. The fourth-order valence-electron chi connectivity index (χ4n) is 1.27. The number of alkyl halides is 2. The van der Waals surface area contributed by atoms with Crippen molar-refractivity contribution in [1.82, 2.24) is 0 Å². The second-order valence-electron chi connectivity index (χ2n) is 3.12. The van der Waals surface area contributed by atoms with E-state index >= 15 is 0 Å².